The highest BCUT2D eigenvalue weighted by Crippen LogP contribution is 2.18. The van der Waals surface area contributed by atoms with Gasteiger partial charge in [0.25, 0.3) is 0 Å². The molecule has 0 radical (unpaired) electrons. The molecule has 1 aromatic carbocycles. The van der Waals surface area contributed by atoms with Crippen LogP contribution in [0, 0.1) is 5.82 Å². The summed E-state index contributed by atoms with van der Waals surface area (Å²) < 4.78 is 67.3. The molecular formula is C12H20ClFN2O5S2. The first-order valence-electron chi connectivity index (χ1n) is 6.37. The molecular weight excluding hydrogens is 371 g/mol. The molecule has 0 aromatic heterocycles. The second-order valence-electron chi connectivity index (χ2n) is 4.50. The summed E-state index contributed by atoms with van der Waals surface area (Å²) in [4.78, 5) is -0.859. The van der Waals surface area contributed by atoms with Gasteiger partial charge in [0.15, 0.2) is 9.84 Å². The number of halogens is 2. The molecule has 0 unspecified atom stereocenters. The third-order valence-electron chi connectivity index (χ3n) is 2.69. The summed E-state index contributed by atoms with van der Waals surface area (Å²) in [5.74, 6) is -1.09. The molecule has 2 N–H and O–H groups in total. The largest absolute Gasteiger partial charge is 0.383 e. The molecule has 0 atom stereocenters. The molecule has 0 aliphatic heterocycles. The van der Waals surface area contributed by atoms with Crippen molar-refractivity contribution in [2.75, 3.05) is 39.6 Å². The lowest BCUT2D eigenvalue weighted by molar-refractivity contribution is 0.199. The lowest BCUT2D eigenvalue weighted by Gasteiger charge is -2.09. The summed E-state index contributed by atoms with van der Waals surface area (Å²) in [5, 5.41) is 2.95. The number of sulfone groups is 1. The van der Waals surface area contributed by atoms with Crippen molar-refractivity contribution in [3.05, 3.63) is 24.0 Å². The second kappa shape index (κ2) is 9.50. The molecule has 23 heavy (non-hydrogen) atoms. The lowest BCUT2D eigenvalue weighted by Crippen LogP contribution is -2.33. The van der Waals surface area contributed by atoms with Crippen molar-refractivity contribution in [2.45, 2.75) is 9.79 Å². The fraction of sp³-hybridized carbons (Fsp3) is 0.500. The normalized spacial score (nSPS) is 12.0. The van der Waals surface area contributed by atoms with Gasteiger partial charge in [0.1, 0.15) is 10.7 Å². The number of sulfonamides is 1. The van der Waals surface area contributed by atoms with E-state index in [4.69, 9.17) is 4.74 Å². The van der Waals surface area contributed by atoms with Gasteiger partial charge in [0, 0.05) is 33.0 Å². The van der Waals surface area contributed by atoms with Gasteiger partial charge in [-0.1, -0.05) is 0 Å². The van der Waals surface area contributed by atoms with Crippen LogP contribution in [0.15, 0.2) is 28.0 Å². The Morgan fingerprint density at radius 3 is 2.30 bits per heavy atom. The van der Waals surface area contributed by atoms with Crippen molar-refractivity contribution < 1.29 is 26.0 Å². The van der Waals surface area contributed by atoms with Crippen molar-refractivity contribution >= 4 is 32.3 Å². The molecule has 0 amide bonds. The minimum Gasteiger partial charge on any atom is -0.383 e. The standard InChI is InChI=1S/C12H19FN2O5S2.ClH/c1-20-8-7-14-5-6-15-22(18,19)10-3-4-12(11(13)9-10)21(2,16)17;/h3-4,9,14-15H,5-8H2,1-2H3;1H. The Labute approximate surface area is 142 Å². The Kier molecular flexibility index (Phi) is 9.18. The van der Waals surface area contributed by atoms with Gasteiger partial charge in [-0.25, -0.2) is 25.9 Å². The minimum absolute atomic E-state index is 0. The number of benzene rings is 1. The number of nitrogens with one attached hydrogen (secondary N) is 2. The Bertz CT molecular complexity index is 710. The molecule has 7 nitrogen and oxygen atoms in total. The number of rotatable bonds is 9. The Morgan fingerprint density at radius 1 is 1.13 bits per heavy atom. The monoisotopic (exact) mass is 390 g/mol. The van der Waals surface area contributed by atoms with Crippen LogP contribution in [0.2, 0.25) is 0 Å². The van der Waals surface area contributed by atoms with Crippen LogP contribution < -0.4 is 10.0 Å². The van der Waals surface area contributed by atoms with E-state index in [0.717, 1.165) is 18.4 Å². The number of hydrogen-bond acceptors (Lipinski definition) is 6. The molecule has 134 valence electrons. The smallest absolute Gasteiger partial charge is 0.240 e. The molecule has 0 fully saturated rings. The third kappa shape index (κ3) is 7.10. The van der Waals surface area contributed by atoms with Crippen molar-refractivity contribution in [3.63, 3.8) is 0 Å². The number of methoxy groups -OCH3 is 1. The van der Waals surface area contributed by atoms with E-state index in [-0.39, 0.29) is 23.8 Å². The molecule has 0 bridgehead atoms. The van der Waals surface area contributed by atoms with Crippen LogP contribution in [0.5, 0.6) is 0 Å². The molecule has 0 aliphatic carbocycles. The minimum atomic E-state index is -3.89. The van der Waals surface area contributed by atoms with Crippen LogP contribution in [0.4, 0.5) is 4.39 Å². The van der Waals surface area contributed by atoms with Crippen LogP contribution in [-0.4, -0.2) is 56.4 Å². The third-order valence-corrected chi connectivity index (χ3v) is 5.28. The van der Waals surface area contributed by atoms with Crippen LogP contribution >= 0.6 is 12.4 Å². The highest BCUT2D eigenvalue weighted by Gasteiger charge is 2.19. The fourth-order valence-electron chi connectivity index (χ4n) is 1.61. The Balaban J connectivity index is 0.00000484. The first-order chi connectivity index (χ1) is 10.2. The maximum absolute atomic E-state index is 13.7. The average Bonchev–Trinajstić information content (AvgIpc) is 2.41. The van der Waals surface area contributed by atoms with Gasteiger partial charge in [0.05, 0.1) is 11.5 Å². The van der Waals surface area contributed by atoms with Crippen molar-refractivity contribution in [2.24, 2.45) is 0 Å². The van der Waals surface area contributed by atoms with Crippen LogP contribution in [-0.2, 0) is 24.6 Å². The fourth-order valence-corrected chi connectivity index (χ4v) is 3.38. The van der Waals surface area contributed by atoms with Gasteiger partial charge >= 0.3 is 0 Å². The summed E-state index contributed by atoms with van der Waals surface area (Å²) in [7, 11) is -6.08. The quantitative estimate of drug-likeness (QED) is 0.583. The zero-order chi connectivity index (χ0) is 16.8. The topological polar surface area (TPSA) is 102 Å². The first kappa shape index (κ1) is 22.2. The van der Waals surface area contributed by atoms with Crippen LogP contribution in [0.25, 0.3) is 0 Å². The van der Waals surface area contributed by atoms with Gasteiger partial charge < -0.3 is 10.1 Å². The second-order valence-corrected chi connectivity index (χ2v) is 8.26. The molecule has 1 rings (SSSR count). The molecule has 0 aliphatic rings. The number of hydrogen-bond donors (Lipinski definition) is 2. The summed E-state index contributed by atoms with van der Waals surface area (Å²) in [5.41, 5.74) is 0. The Hall–Kier alpha value is -0.780. The molecule has 0 heterocycles. The predicted octanol–water partition coefficient (Wildman–Crippen LogP) is 0.165. The van der Waals surface area contributed by atoms with E-state index in [1.54, 1.807) is 7.11 Å². The van der Waals surface area contributed by atoms with E-state index in [1.807, 2.05) is 0 Å². The molecule has 0 spiro atoms. The van der Waals surface area contributed by atoms with E-state index in [0.29, 0.717) is 25.8 Å². The zero-order valence-corrected chi connectivity index (χ0v) is 15.2. The van der Waals surface area contributed by atoms with E-state index >= 15 is 0 Å². The van der Waals surface area contributed by atoms with E-state index < -0.39 is 30.6 Å². The summed E-state index contributed by atoms with van der Waals surface area (Å²) in [6, 6.07) is 2.69. The van der Waals surface area contributed by atoms with E-state index in [2.05, 4.69) is 10.0 Å². The Morgan fingerprint density at radius 2 is 1.78 bits per heavy atom. The van der Waals surface area contributed by atoms with Gasteiger partial charge in [-0.3, -0.25) is 0 Å². The first-order valence-corrected chi connectivity index (χ1v) is 9.75. The SMILES string of the molecule is COCCNCCNS(=O)(=O)c1ccc(S(C)(=O)=O)c(F)c1.Cl. The maximum atomic E-state index is 13.7. The highest BCUT2D eigenvalue weighted by atomic mass is 35.5. The van der Waals surface area contributed by atoms with Gasteiger partial charge in [-0.05, 0) is 18.2 Å². The predicted molar refractivity (Wildman–Crippen MR) is 86.7 cm³/mol. The van der Waals surface area contributed by atoms with Crippen molar-refractivity contribution in [1.82, 2.24) is 10.0 Å². The maximum Gasteiger partial charge on any atom is 0.240 e. The summed E-state index contributed by atoms with van der Waals surface area (Å²) in [6.45, 7) is 1.58. The van der Waals surface area contributed by atoms with Crippen LogP contribution in [0.3, 0.4) is 0 Å². The van der Waals surface area contributed by atoms with Gasteiger partial charge in [-0.2, -0.15) is 0 Å². The van der Waals surface area contributed by atoms with Crippen molar-refractivity contribution in [3.8, 4) is 0 Å². The molecule has 11 heteroatoms. The van der Waals surface area contributed by atoms with Crippen LogP contribution in [0.1, 0.15) is 0 Å². The highest BCUT2D eigenvalue weighted by molar-refractivity contribution is 7.90. The molecule has 1 aromatic rings. The van der Waals surface area contributed by atoms with E-state index in [9.17, 15) is 21.2 Å². The molecule has 0 saturated carbocycles. The van der Waals surface area contributed by atoms with Gasteiger partial charge in [0.2, 0.25) is 10.0 Å². The van der Waals surface area contributed by atoms with Crippen molar-refractivity contribution in [1.29, 1.82) is 0 Å². The zero-order valence-electron chi connectivity index (χ0n) is 12.7. The molecule has 0 saturated heterocycles. The summed E-state index contributed by atoms with van der Waals surface area (Å²) in [6.07, 6.45) is 0.851. The number of ether oxygens (including phenoxy) is 1. The summed E-state index contributed by atoms with van der Waals surface area (Å²) >= 11 is 0. The lowest BCUT2D eigenvalue weighted by atomic mass is 10.3. The average molecular weight is 391 g/mol. The van der Waals surface area contributed by atoms with E-state index in [1.165, 1.54) is 0 Å². The van der Waals surface area contributed by atoms with Gasteiger partial charge in [-0.15, -0.1) is 12.4 Å².